The summed E-state index contributed by atoms with van der Waals surface area (Å²) in [5, 5.41) is 14.5. The number of para-hydroxylation sites is 1. The Kier molecular flexibility index (Phi) is 4.54. The van der Waals surface area contributed by atoms with Gasteiger partial charge in [0.15, 0.2) is 5.82 Å². The zero-order valence-electron chi connectivity index (χ0n) is 14.2. The summed E-state index contributed by atoms with van der Waals surface area (Å²) in [6, 6.07) is 7.63. The minimum absolute atomic E-state index is 0.0273. The SMILES string of the molecule is O=C(NCc1nnc2n1CCCCC2)N[C@H]1CCOc2ccccc21. The molecule has 0 spiro atoms. The molecule has 2 amide bonds. The van der Waals surface area contributed by atoms with Crippen LogP contribution in [0.1, 0.15) is 48.9 Å². The van der Waals surface area contributed by atoms with E-state index >= 15 is 0 Å². The second kappa shape index (κ2) is 7.13. The standard InChI is InChI=1S/C18H23N5O2/c24-18(20-14-9-11-25-15-7-4-3-6-13(14)15)19-12-17-22-21-16-8-2-1-5-10-23(16)17/h3-4,6-7,14H,1-2,5,8-12H2,(H2,19,20,24)/t14-/m0/s1. The molecule has 4 rings (SSSR count). The molecule has 1 aromatic carbocycles. The lowest BCUT2D eigenvalue weighted by atomic mass is 10.0. The molecule has 2 aliphatic rings. The van der Waals surface area contributed by atoms with E-state index in [2.05, 4.69) is 25.4 Å². The molecule has 0 unspecified atom stereocenters. The van der Waals surface area contributed by atoms with Gasteiger partial charge in [-0.15, -0.1) is 10.2 Å². The third-order valence-corrected chi connectivity index (χ3v) is 4.86. The van der Waals surface area contributed by atoms with E-state index in [-0.39, 0.29) is 12.1 Å². The first-order chi connectivity index (χ1) is 12.3. The van der Waals surface area contributed by atoms with Crippen LogP contribution in [0.3, 0.4) is 0 Å². The Balaban J connectivity index is 1.37. The summed E-state index contributed by atoms with van der Waals surface area (Å²) < 4.78 is 7.78. The summed E-state index contributed by atoms with van der Waals surface area (Å²) in [6.07, 6.45) is 5.26. The second-order valence-corrected chi connectivity index (χ2v) is 6.55. The number of amides is 2. The van der Waals surface area contributed by atoms with Gasteiger partial charge in [-0.2, -0.15) is 0 Å². The van der Waals surface area contributed by atoms with Crippen molar-refractivity contribution in [2.45, 2.75) is 51.2 Å². The molecule has 2 aliphatic heterocycles. The van der Waals surface area contributed by atoms with E-state index in [1.807, 2.05) is 24.3 Å². The van der Waals surface area contributed by atoms with E-state index in [9.17, 15) is 4.79 Å². The Hall–Kier alpha value is -2.57. The van der Waals surface area contributed by atoms with Crippen LogP contribution in [-0.4, -0.2) is 27.4 Å². The maximum absolute atomic E-state index is 12.3. The molecule has 25 heavy (non-hydrogen) atoms. The van der Waals surface area contributed by atoms with Gasteiger partial charge in [0, 0.05) is 24.9 Å². The molecule has 0 saturated heterocycles. The molecule has 7 heteroatoms. The van der Waals surface area contributed by atoms with Crippen molar-refractivity contribution in [3.8, 4) is 5.75 Å². The molecule has 2 N–H and O–H groups in total. The van der Waals surface area contributed by atoms with Gasteiger partial charge in [-0.1, -0.05) is 24.6 Å². The Bertz CT molecular complexity index is 758. The topological polar surface area (TPSA) is 81.1 Å². The van der Waals surface area contributed by atoms with Crippen LogP contribution >= 0.6 is 0 Å². The number of carbonyl (C=O) groups excluding carboxylic acids is 1. The lowest BCUT2D eigenvalue weighted by Crippen LogP contribution is -2.39. The molecule has 1 aromatic heterocycles. The lowest BCUT2D eigenvalue weighted by molar-refractivity contribution is 0.223. The van der Waals surface area contributed by atoms with Gasteiger partial charge in [0.1, 0.15) is 11.6 Å². The van der Waals surface area contributed by atoms with Crippen LogP contribution in [0.2, 0.25) is 0 Å². The summed E-state index contributed by atoms with van der Waals surface area (Å²) in [7, 11) is 0. The number of fused-ring (bicyclic) bond motifs is 2. The number of hydrogen-bond acceptors (Lipinski definition) is 4. The number of nitrogens with zero attached hydrogens (tertiary/aromatic N) is 3. The third kappa shape index (κ3) is 3.45. The van der Waals surface area contributed by atoms with Crippen LogP contribution in [0.15, 0.2) is 24.3 Å². The van der Waals surface area contributed by atoms with Crippen molar-refractivity contribution in [3.05, 3.63) is 41.5 Å². The first-order valence-corrected chi connectivity index (χ1v) is 8.98. The molecule has 1 atom stereocenters. The van der Waals surface area contributed by atoms with Crippen molar-refractivity contribution in [3.63, 3.8) is 0 Å². The minimum Gasteiger partial charge on any atom is -0.493 e. The van der Waals surface area contributed by atoms with Gasteiger partial charge in [-0.3, -0.25) is 0 Å². The first kappa shape index (κ1) is 15.9. The summed E-state index contributed by atoms with van der Waals surface area (Å²) >= 11 is 0. The minimum atomic E-state index is -0.187. The van der Waals surface area contributed by atoms with Gasteiger partial charge in [0.2, 0.25) is 0 Å². The summed E-state index contributed by atoms with van der Waals surface area (Å²) in [4.78, 5) is 12.3. The number of aryl methyl sites for hydroxylation is 1. The zero-order valence-corrected chi connectivity index (χ0v) is 14.2. The maximum Gasteiger partial charge on any atom is 0.315 e. The largest absolute Gasteiger partial charge is 0.493 e. The van der Waals surface area contributed by atoms with Crippen LogP contribution < -0.4 is 15.4 Å². The molecule has 132 valence electrons. The Morgan fingerprint density at radius 3 is 3.12 bits per heavy atom. The second-order valence-electron chi connectivity index (χ2n) is 6.55. The predicted molar refractivity (Wildman–Crippen MR) is 92.2 cm³/mol. The normalized spacial score (nSPS) is 19.1. The summed E-state index contributed by atoms with van der Waals surface area (Å²) in [5.41, 5.74) is 1.03. The van der Waals surface area contributed by atoms with Gasteiger partial charge in [-0.05, 0) is 18.9 Å². The van der Waals surface area contributed by atoms with Crippen molar-refractivity contribution in [1.82, 2.24) is 25.4 Å². The Labute approximate surface area is 146 Å². The van der Waals surface area contributed by atoms with Crippen LogP contribution in [0.5, 0.6) is 5.75 Å². The Morgan fingerprint density at radius 1 is 1.24 bits per heavy atom. The van der Waals surface area contributed by atoms with Gasteiger partial charge in [0.25, 0.3) is 0 Å². The average Bonchev–Trinajstić information content (AvgIpc) is 2.86. The number of aromatic nitrogens is 3. The van der Waals surface area contributed by atoms with Crippen LogP contribution in [0.25, 0.3) is 0 Å². The van der Waals surface area contributed by atoms with Crippen LogP contribution in [0.4, 0.5) is 4.79 Å². The number of benzene rings is 1. The monoisotopic (exact) mass is 341 g/mol. The molecule has 7 nitrogen and oxygen atoms in total. The van der Waals surface area contributed by atoms with Crippen molar-refractivity contribution in [2.75, 3.05) is 6.61 Å². The molecule has 0 bridgehead atoms. The van der Waals surface area contributed by atoms with E-state index in [1.54, 1.807) is 0 Å². The van der Waals surface area contributed by atoms with Crippen molar-refractivity contribution < 1.29 is 9.53 Å². The van der Waals surface area contributed by atoms with E-state index in [0.29, 0.717) is 13.2 Å². The zero-order chi connectivity index (χ0) is 17.1. The molecule has 0 fully saturated rings. The van der Waals surface area contributed by atoms with E-state index in [0.717, 1.165) is 55.2 Å². The molecule has 2 aromatic rings. The van der Waals surface area contributed by atoms with Crippen LogP contribution in [0, 0.1) is 0 Å². The fraction of sp³-hybridized carbons (Fsp3) is 0.500. The molecule has 0 aliphatic carbocycles. The quantitative estimate of drug-likeness (QED) is 0.898. The average molecular weight is 341 g/mol. The number of rotatable bonds is 3. The number of urea groups is 1. The maximum atomic E-state index is 12.3. The molecule has 3 heterocycles. The highest BCUT2D eigenvalue weighted by Gasteiger charge is 2.23. The van der Waals surface area contributed by atoms with Gasteiger partial charge >= 0.3 is 6.03 Å². The van der Waals surface area contributed by atoms with Gasteiger partial charge in [0.05, 0.1) is 19.2 Å². The van der Waals surface area contributed by atoms with Crippen molar-refractivity contribution in [1.29, 1.82) is 0 Å². The van der Waals surface area contributed by atoms with E-state index in [1.165, 1.54) is 6.42 Å². The molecule has 0 saturated carbocycles. The summed E-state index contributed by atoms with van der Waals surface area (Å²) in [6.45, 7) is 1.94. The van der Waals surface area contributed by atoms with Crippen LogP contribution in [-0.2, 0) is 19.5 Å². The van der Waals surface area contributed by atoms with Gasteiger partial charge < -0.3 is 19.9 Å². The molecule has 0 radical (unpaired) electrons. The summed E-state index contributed by atoms with van der Waals surface area (Å²) in [5.74, 6) is 2.72. The fourth-order valence-corrected chi connectivity index (χ4v) is 3.54. The van der Waals surface area contributed by atoms with Crippen molar-refractivity contribution in [2.24, 2.45) is 0 Å². The number of ether oxygens (including phenoxy) is 1. The van der Waals surface area contributed by atoms with Crippen molar-refractivity contribution >= 4 is 6.03 Å². The fourth-order valence-electron chi connectivity index (χ4n) is 3.54. The Morgan fingerprint density at radius 2 is 2.16 bits per heavy atom. The highest BCUT2D eigenvalue weighted by atomic mass is 16.5. The van der Waals surface area contributed by atoms with E-state index in [4.69, 9.17) is 4.74 Å². The highest BCUT2D eigenvalue weighted by Crippen LogP contribution is 2.31. The van der Waals surface area contributed by atoms with Gasteiger partial charge in [-0.25, -0.2) is 4.79 Å². The lowest BCUT2D eigenvalue weighted by Gasteiger charge is -2.26. The number of carbonyl (C=O) groups is 1. The highest BCUT2D eigenvalue weighted by molar-refractivity contribution is 5.74. The smallest absolute Gasteiger partial charge is 0.315 e. The molecular formula is C18H23N5O2. The number of hydrogen-bond donors (Lipinski definition) is 2. The van der Waals surface area contributed by atoms with E-state index < -0.39 is 0 Å². The predicted octanol–water partition coefficient (Wildman–Crippen LogP) is 2.33. The number of nitrogens with one attached hydrogen (secondary N) is 2. The third-order valence-electron chi connectivity index (χ3n) is 4.86. The first-order valence-electron chi connectivity index (χ1n) is 8.98. The molecular weight excluding hydrogens is 318 g/mol.